The van der Waals surface area contributed by atoms with Gasteiger partial charge in [-0.2, -0.15) is 5.10 Å². The van der Waals surface area contributed by atoms with Gasteiger partial charge in [-0.05, 0) is 60.9 Å². The largest absolute Gasteiger partial charge is 0.299 e. The number of hydrogen-bond acceptors (Lipinski definition) is 4. The summed E-state index contributed by atoms with van der Waals surface area (Å²) in [6, 6.07) is 8.11. The molecule has 0 spiro atoms. The number of rotatable bonds is 2. The molecule has 1 amide bonds. The van der Waals surface area contributed by atoms with E-state index >= 15 is 0 Å². The SMILES string of the molecule is Cc1cccc(/C=C2/SC(=NN=C3C[C@H]4CC[C@@]3(C)C4(C)C)NC2=O)c1. The topological polar surface area (TPSA) is 53.8 Å². The van der Waals surface area contributed by atoms with Crippen molar-refractivity contribution < 1.29 is 4.79 Å². The lowest BCUT2D eigenvalue weighted by atomic mass is 9.70. The molecule has 1 N–H and O–H groups in total. The van der Waals surface area contributed by atoms with E-state index < -0.39 is 0 Å². The van der Waals surface area contributed by atoms with Gasteiger partial charge in [-0.1, -0.05) is 50.6 Å². The van der Waals surface area contributed by atoms with E-state index in [-0.39, 0.29) is 16.7 Å². The zero-order valence-corrected chi connectivity index (χ0v) is 16.6. The van der Waals surface area contributed by atoms with Gasteiger partial charge < -0.3 is 0 Å². The van der Waals surface area contributed by atoms with Gasteiger partial charge in [0.25, 0.3) is 5.91 Å². The van der Waals surface area contributed by atoms with Crippen molar-refractivity contribution >= 4 is 34.6 Å². The van der Waals surface area contributed by atoms with Crippen molar-refractivity contribution in [3.63, 3.8) is 0 Å². The zero-order chi connectivity index (χ0) is 18.5. The summed E-state index contributed by atoms with van der Waals surface area (Å²) in [5.41, 5.74) is 3.81. The summed E-state index contributed by atoms with van der Waals surface area (Å²) >= 11 is 1.37. The molecule has 0 aromatic heterocycles. The maximum atomic E-state index is 12.2. The van der Waals surface area contributed by atoms with Crippen LogP contribution in [0.4, 0.5) is 0 Å². The van der Waals surface area contributed by atoms with Crippen molar-refractivity contribution in [2.45, 2.75) is 47.0 Å². The predicted molar refractivity (Wildman–Crippen MR) is 109 cm³/mol. The monoisotopic (exact) mass is 367 g/mol. The van der Waals surface area contributed by atoms with E-state index in [9.17, 15) is 4.79 Å². The Morgan fingerprint density at radius 1 is 1.27 bits per heavy atom. The minimum absolute atomic E-state index is 0.102. The van der Waals surface area contributed by atoms with Crippen LogP contribution in [-0.2, 0) is 4.79 Å². The van der Waals surface area contributed by atoms with Gasteiger partial charge in [0.1, 0.15) is 0 Å². The summed E-state index contributed by atoms with van der Waals surface area (Å²) in [6.07, 6.45) is 5.41. The van der Waals surface area contributed by atoms with Crippen molar-refractivity contribution in [1.82, 2.24) is 5.32 Å². The van der Waals surface area contributed by atoms with Gasteiger partial charge >= 0.3 is 0 Å². The van der Waals surface area contributed by atoms with Gasteiger partial charge in [0.15, 0.2) is 5.17 Å². The minimum Gasteiger partial charge on any atom is -0.299 e. The lowest BCUT2D eigenvalue weighted by molar-refractivity contribution is -0.115. The zero-order valence-electron chi connectivity index (χ0n) is 15.8. The number of thioether (sulfide) groups is 1. The molecule has 2 aliphatic carbocycles. The lowest BCUT2D eigenvalue weighted by Crippen LogP contribution is -2.32. The second kappa shape index (κ2) is 6.08. The normalized spacial score (nSPS) is 34.2. The molecule has 1 heterocycles. The minimum atomic E-state index is -0.102. The second-order valence-electron chi connectivity index (χ2n) is 8.42. The van der Waals surface area contributed by atoms with E-state index in [1.165, 1.54) is 35.9 Å². The highest BCUT2D eigenvalue weighted by Crippen LogP contribution is 2.64. The predicted octanol–water partition coefficient (Wildman–Crippen LogP) is 4.76. The van der Waals surface area contributed by atoms with Crippen LogP contribution in [0.15, 0.2) is 39.4 Å². The average molecular weight is 368 g/mol. The van der Waals surface area contributed by atoms with Crippen molar-refractivity contribution in [3.8, 4) is 0 Å². The Morgan fingerprint density at radius 2 is 2.08 bits per heavy atom. The first-order chi connectivity index (χ1) is 12.3. The highest BCUT2D eigenvalue weighted by Gasteiger charge is 2.60. The summed E-state index contributed by atoms with van der Waals surface area (Å²) in [5, 5.41) is 12.4. The first kappa shape index (κ1) is 17.5. The number of fused-ring (bicyclic) bond motifs is 2. The smallest absolute Gasteiger partial charge is 0.264 e. The molecule has 5 heteroatoms. The Hall–Kier alpha value is -1.88. The van der Waals surface area contributed by atoms with Gasteiger partial charge in [0.05, 0.1) is 4.91 Å². The highest BCUT2D eigenvalue weighted by molar-refractivity contribution is 8.18. The summed E-state index contributed by atoms with van der Waals surface area (Å²) < 4.78 is 0. The third-order valence-corrected chi connectivity index (χ3v) is 7.66. The Labute approximate surface area is 159 Å². The number of nitrogens with one attached hydrogen (secondary N) is 1. The molecule has 2 atom stereocenters. The van der Waals surface area contributed by atoms with E-state index in [1.54, 1.807) is 0 Å². The summed E-state index contributed by atoms with van der Waals surface area (Å²) in [5.74, 6) is 0.601. The fourth-order valence-corrected chi connectivity index (χ4v) is 5.34. The van der Waals surface area contributed by atoms with E-state index in [2.05, 4.69) is 42.4 Å². The fourth-order valence-electron chi connectivity index (χ4n) is 4.57. The second-order valence-corrected chi connectivity index (χ2v) is 9.45. The van der Waals surface area contributed by atoms with Crippen LogP contribution >= 0.6 is 11.8 Å². The number of carbonyl (C=O) groups is 1. The third-order valence-electron chi connectivity index (χ3n) is 6.76. The summed E-state index contributed by atoms with van der Waals surface area (Å²) in [6.45, 7) is 9.08. The van der Waals surface area contributed by atoms with Crippen LogP contribution in [0.3, 0.4) is 0 Å². The Morgan fingerprint density at radius 3 is 2.73 bits per heavy atom. The number of amidine groups is 1. The molecule has 2 bridgehead atoms. The number of amides is 1. The lowest BCUT2D eigenvalue weighted by Gasteiger charge is -2.34. The van der Waals surface area contributed by atoms with Crippen molar-refractivity contribution in [1.29, 1.82) is 0 Å². The van der Waals surface area contributed by atoms with Crippen molar-refractivity contribution in [2.24, 2.45) is 27.0 Å². The Kier molecular flexibility index (Phi) is 4.10. The molecule has 3 aliphatic rings. The van der Waals surface area contributed by atoms with Crippen LogP contribution in [-0.4, -0.2) is 16.8 Å². The third kappa shape index (κ3) is 2.73. The number of carbonyl (C=O) groups excluding carboxylic acids is 1. The van der Waals surface area contributed by atoms with E-state index in [4.69, 9.17) is 0 Å². The molecule has 136 valence electrons. The molecule has 1 saturated heterocycles. The molecule has 1 aromatic rings. The summed E-state index contributed by atoms with van der Waals surface area (Å²) in [7, 11) is 0. The molecule has 0 unspecified atom stereocenters. The van der Waals surface area contributed by atoms with Crippen molar-refractivity contribution in [2.75, 3.05) is 0 Å². The maximum Gasteiger partial charge on any atom is 0.264 e. The Balaban J connectivity index is 1.55. The van der Waals surface area contributed by atoms with Gasteiger partial charge in [-0.3, -0.25) is 10.1 Å². The van der Waals surface area contributed by atoms with E-state index in [1.807, 2.05) is 31.2 Å². The average Bonchev–Trinajstić information content (AvgIpc) is 3.10. The number of aryl methyl sites for hydroxylation is 1. The van der Waals surface area contributed by atoms with Gasteiger partial charge in [0.2, 0.25) is 0 Å². The summed E-state index contributed by atoms with van der Waals surface area (Å²) in [4.78, 5) is 12.9. The molecule has 0 radical (unpaired) electrons. The molecule has 3 fully saturated rings. The molecule has 4 nitrogen and oxygen atoms in total. The molecular formula is C21H25N3OS. The molecule has 4 rings (SSSR count). The van der Waals surface area contributed by atoms with Crippen LogP contribution in [0.25, 0.3) is 6.08 Å². The number of benzene rings is 1. The molecule has 26 heavy (non-hydrogen) atoms. The van der Waals surface area contributed by atoms with Crippen LogP contribution < -0.4 is 5.32 Å². The highest BCUT2D eigenvalue weighted by atomic mass is 32.2. The standard InChI is InChI=1S/C21H25N3OS/c1-13-6-5-7-14(10-13)11-16-18(25)22-19(26-16)24-23-17-12-15-8-9-21(17,4)20(15,2)3/h5-7,10-11,15H,8-9,12H2,1-4H3,(H,22,24,25)/b16-11+,23-17?/t15-,21-/m1/s1. The maximum absolute atomic E-state index is 12.2. The number of nitrogens with zero attached hydrogens (tertiary/aromatic N) is 2. The molecule has 2 saturated carbocycles. The van der Waals surface area contributed by atoms with Crippen LogP contribution in [0, 0.1) is 23.7 Å². The number of hydrogen-bond donors (Lipinski definition) is 1. The van der Waals surface area contributed by atoms with Crippen LogP contribution in [0.2, 0.25) is 0 Å². The van der Waals surface area contributed by atoms with Gasteiger partial charge in [-0.25, -0.2) is 0 Å². The van der Waals surface area contributed by atoms with Crippen LogP contribution in [0.5, 0.6) is 0 Å². The molecule has 1 aromatic carbocycles. The Bertz CT molecular complexity index is 868. The van der Waals surface area contributed by atoms with Crippen molar-refractivity contribution in [3.05, 3.63) is 40.3 Å². The first-order valence-electron chi connectivity index (χ1n) is 9.22. The van der Waals surface area contributed by atoms with Gasteiger partial charge in [-0.15, -0.1) is 5.10 Å². The first-order valence-corrected chi connectivity index (χ1v) is 10.0. The fraction of sp³-hybridized carbons (Fsp3) is 0.476. The molecular weight excluding hydrogens is 342 g/mol. The van der Waals surface area contributed by atoms with Gasteiger partial charge in [0, 0.05) is 11.1 Å². The van der Waals surface area contributed by atoms with E-state index in [0.717, 1.165) is 12.0 Å². The van der Waals surface area contributed by atoms with Crippen LogP contribution in [0.1, 0.15) is 51.2 Å². The quantitative estimate of drug-likeness (QED) is 0.605. The van der Waals surface area contributed by atoms with E-state index in [0.29, 0.717) is 16.0 Å². The molecule has 1 aliphatic heterocycles.